The Morgan fingerprint density at radius 2 is 1.94 bits per heavy atom. The zero-order valence-electron chi connectivity index (χ0n) is 9.34. The Kier molecular flexibility index (Phi) is 3.10. The summed E-state index contributed by atoms with van der Waals surface area (Å²) in [5.41, 5.74) is 4.91. The number of allylic oxidation sites excluding steroid dienone is 2. The Morgan fingerprint density at radius 1 is 1.25 bits per heavy atom. The average Bonchev–Trinajstić information content (AvgIpc) is 2.30. The molecule has 2 rings (SSSR count). The Labute approximate surface area is 95.4 Å². The van der Waals surface area contributed by atoms with Crippen molar-refractivity contribution in [3.63, 3.8) is 0 Å². The summed E-state index contributed by atoms with van der Waals surface area (Å²) in [6, 6.07) is -0.490. The SMILES string of the molecule is NC1C=CC=CC1(C1CCCCC1)[N+](=O)[O-]. The molecule has 0 bridgehead atoms. The maximum atomic E-state index is 11.4. The number of nitrogens with two attached hydrogens (primary N) is 1. The van der Waals surface area contributed by atoms with Gasteiger partial charge in [0.2, 0.25) is 0 Å². The zero-order valence-corrected chi connectivity index (χ0v) is 9.34. The third-order valence-electron chi connectivity index (χ3n) is 3.90. The van der Waals surface area contributed by atoms with Crippen LogP contribution in [0.2, 0.25) is 0 Å². The minimum absolute atomic E-state index is 0.0902. The van der Waals surface area contributed by atoms with Crippen molar-refractivity contribution in [2.45, 2.75) is 43.7 Å². The van der Waals surface area contributed by atoms with Gasteiger partial charge in [0.15, 0.2) is 0 Å². The molecule has 2 aliphatic carbocycles. The van der Waals surface area contributed by atoms with Gasteiger partial charge in [0.25, 0.3) is 5.54 Å². The van der Waals surface area contributed by atoms with Crippen LogP contribution in [-0.2, 0) is 0 Å². The lowest BCUT2D eigenvalue weighted by molar-refractivity contribution is -0.568. The van der Waals surface area contributed by atoms with Gasteiger partial charge in [-0.3, -0.25) is 10.1 Å². The second kappa shape index (κ2) is 4.37. The monoisotopic (exact) mass is 222 g/mol. The van der Waals surface area contributed by atoms with Crippen LogP contribution in [0.1, 0.15) is 32.1 Å². The molecule has 2 unspecified atom stereocenters. The smallest absolute Gasteiger partial charge is 0.261 e. The molecule has 0 aliphatic heterocycles. The molecular weight excluding hydrogens is 204 g/mol. The van der Waals surface area contributed by atoms with Crippen molar-refractivity contribution in [2.75, 3.05) is 0 Å². The molecule has 0 radical (unpaired) electrons. The Hall–Kier alpha value is -1.16. The highest BCUT2D eigenvalue weighted by atomic mass is 16.6. The lowest BCUT2D eigenvalue weighted by atomic mass is 9.70. The van der Waals surface area contributed by atoms with E-state index in [1.165, 1.54) is 6.42 Å². The van der Waals surface area contributed by atoms with Crippen LogP contribution in [0.3, 0.4) is 0 Å². The third-order valence-corrected chi connectivity index (χ3v) is 3.90. The first-order chi connectivity index (χ1) is 7.68. The van der Waals surface area contributed by atoms with E-state index in [1.54, 1.807) is 24.3 Å². The van der Waals surface area contributed by atoms with Crippen LogP contribution >= 0.6 is 0 Å². The van der Waals surface area contributed by atoms with Crippen LogP contribution in [0.15, 0.2) is 24.3 Å². The van der Waals surface area contributed by atoms with Crippen LogP contribution in [0.5, 0.6) is 0 Å². The number of hydrogen-bond donors (Lipinski definition) is 1. The Bertz CT molecular complexity index is 332. The van der Waals surface area contributed by atoms with Crippen molar-refractivity contribution in [1.29, 1.82) is 0 Å². The van der Waals surface area contributed by atoms with E-state index in [1.807, 2.05) is 0 Å². The molecule has 0 aromatic heterocycles. The first kappa shape index (κ1) is 11.3. The van der Waals surface area contributed by atoms with Gasteiger partial charge in [0, 0.05) is 10.8 Å². The quantitative estimate of drug-likeness (QED) is 0.574. The summed E-state index contributed by atoms with van der Waals surface area (Å²) in [7, 11) is 0. The van der Waals surface area contributed by atoms with E-state index in [2.05, 4.69) is 0 Å². The molecule has 0 aromatic carbocycles. The van der Waals surface area contributed by atoms with Crippen LogP contribution in [0.25, 0.3) is 0 Å². The molecule has 0 heterocycles. The van der Waals surface area contributed by atoms with Gasteiger partial charge in [-0.15, -0.1) is 0 Å². The van der Waals surface area contributed by atoms with Gasteiger partial charge in [-0.25, -0.2) is 0 Å². The van der Waals surface area contributed by atoms with Crippen molar-refractivity contribution in [3.05, 3.63) is 34.4 Å². The maximum Gasteiger partial charge on any atom is 0.261 e. The molecule has 0 aromatic rings. The molecule has 2 atom stereocenters. The highest BCUT2D eigenvalue weighted by molar-refractivity contribution is 5.25. The summed E-state index contributed by atoms with van der Waals surface area (Å²) in [4.78, 5) is 11.3. The fraction of sp³-hybridized carbons (Fsp3) is 0.667. The van der Waals surface area contributed by atoms with E-state index in [0.29, 0.717) is 0 Å². The molecule has 2 N–H and O–H groups in total. The predicted octanol–water partition coefficient (Wildman–Crippen LogP) is 2.04. The lowest BCUT2D eigenvalue weighted by Crippen LogP contribution is -2.57. The van der Waals surface area contributed by atoms with E-state index >= 15 is 0 Å². The molecule has 4 nitrogen and oxygen atoms in total. The average molecular weight is 222 g/mol. The predicted molar refractivity (Wildman–Crippen MR) is 62.6 cm³/mol. The highest BCUT2D eigenvalue weighted by Crippen LogP contribution is 2.38. The van der Waals surface area contributed by atoms with Crippen molar-refractivity contribution in [2.24, 2.45) is 11.7 Å². The summed E-state index contributed by atoms with van der Waals surface area (Å²) in [5, 5.41) is 11.4. The Balaban J connectivity index is 2.31. The van der Waals surface area contributed by atoms with Gasteiger partial charge >= 0.3 is 0 Å². The second-order valence-electron chi connectivity index (χ2n) is 4.75. The summed E-state index contributed by atoms with van der Waals surface area (Å²) in [5.74, 6) is 0.0902. The minimum atomic E-state index is -1.06. The van der Waals surface area contributed by atoms with Crippen LogP contribution < -0.4 is 5.73 Å². The molecule has 1 fully saturated rings. The third kappa shape index (κ3) is 1.67. The normalized spacial score (nSPS) is 35.2. The number of hydrogen-bond acceptors (Lipinski definition) is 3. The molecule has 1 saturated carbocycles. The van der Waals surface area contributed by atoms with Gasteiger partial charge in [0.1, 0.15) is 0 Å². The van der Waals surface area contributed by atoms with E-state index in [4.69, 9.17) is 5.73 Å². The molecule has 0 amide bonds. The zero-order chi connectivity index (χ0) is 11.6. The molecule has 0 saturated heterocycles. The standard InChI is InChI=1S/C12H18N2O2/c13-11-8-4-5-9-12(11,14(15)16)10-6-2-1-3-7-10/h4-5,8-11H,1-3,6-7,13H2. The number of nitrogens with zero attached hydrogens (tertiary/aromatic N) is 1. The maximum absolute atomic E-state index is 11.4. The first-order valence-electron chi connectivity index (χ1n) is 5.94. The summed E-state index contributed by atoms with van der Waals surface area (Å²) in [6.07, 6.45) is 12.2. The van der Waals surface area contributed by atoms with Crippen LogP contribution in [-0.4, -0.2) is 16.5 Å². The van der Waals surface area contributed by atoms with E-state index in [0.717, 1.165) is 25.7 Å². The van der Waals surface area contributed by atoms with Gasteiger partial charge in [-0.05, 0) is 18.9 Å². The van der Waals surface area contributed by atoms with Crippen LogP contribution in [0.4, 0.5) is 0 Å². The molecule has 0 spiro atoms. The van der Waals surface area contributed by atoms with Crippen molar-refractivity contribution < 1.29 is 4.92 Å². The summed E-state index contributed by atoms with van der Waals surface area (Å²) >= 11 is 0. The van der Waals surface area contributed by atoms with Gasteiger partial charge < -0.3 is 5.73 Å². The molecular formula is C12H18N2O2. The molecule has 4 heteroatoms. The van der Waals surface area contributed by atoms with Crippen molar-refractivity contribution >= 4 is 0 Å². The van der Waals surface area contributed by atoms with Crippen molar-refractivity contribution in [3.8, 4) is 0 Å². The minimum Gasteiger partial charge on any atom is -0.318 e. The summed E-state index contributed by atoms with van der Waals surface area (Å²) in [6.45, 7) is 0. The fourth-order valence-corrected chi connectivity index (χ4v) is 2.96. The van der Waals surface area contributed by atoms with Crippen molar-refractivity contribution in [1.82, 2.24) is 0 Å². The first-order valence-corrected chi connectivity index (χ1v) is 5.94. The highest BCUT2D eigenvalue weighted by Gasteiger charge is 2.52. The lowest BCUT2D eigenvalue weighted by Gasteiger charge is -2.37. The van der Waals surface area contributed by atoms with Crippen LogP contribution in [0, 0.1) is 16.0 Å². The second-order valence-corrected chi connectivity index (χ2v) is 4.75. The van der Waals surface area contributed by atoms with Gasteiger partial charge in [-0.2, -0.15) is 0 Å². The summed E-state index contributed by atoms with van der Waals surface area (Å²) < 4.78 is 0. The number of nitro groups is 1. The molecule has 88 valence electrons. The number of rotatable bonds is 2. The topological polar surface area (TPSA) is 69.2 Å². The Morgan fingerprint density at radius 3 is 2.50 bits per heavy atom. The largest absolute Gasteiger partial charge is 0.318 e. The van der Waals surface area contributed by atoms with E-state index in [-0.39, 0.29) is 10.8 Å². The van der Waals surface area contributed by atoms with Gasteiger partial charge in [0.05, 0.1) is 6.04 Å². The molecule has 2 aliphatic rings. The van der Waals surface area contributed by atoms with E-state index in [9.17, 15) is 10.1 Å². The van der Waals surface area contributed by atoms with Gasteiger partial charge in [-0.1, -0.05) is 37.5 Å². The fourth-order valence-electron chi connectivity index (χ4n) is 2.96. The molecule has 16 heavy (non-hydrogen) atoms. The van der Waals surface area contributed by atoms with E-state index < -0.39 is 11.6 Å².